The highest BCUT2D eigenvalue weighted by Gasteiger charge is 2.62. The van der Waals surface area contributed by atoms with Crippen molar-refractivity contribution in [2.45, 2.75) is 125 Å². The molecule has 13 heteroatoms. The first-order valence-corrected chi connectivity index (χ1v) is 21.8. The maximum absolute atomic E-state index is 14.8. The van der Waals surface area contributed by atoms with E-state index in [4.69, 9.17) is 4.74 Å². The average Bonchev–Trinajstić information content (AvgIpc) is 4.06. The van der Waals surface area contributed by atoms with E-state index in [0.29, 0.717) is 32.1 Å². The summed E-state index contributed by atoms with van der Waals surface area (Å²) < 4.78 is 33.0. The number of alkyl carbamates (subject to hydrolysis) is 1. The highest BCUT2D eigenvalue weighted by Crippen LogP contribution is 2.50. The van der Waals surface area contributed by atoms with Crippen LogP contribution in [0.3, 0.4) is 0 Å². The van der Waals surface area contributed by atoms with Crippen molar-refractivity contribution in [2.75, 3.05) is 12.3 Å². The summed E-state index contributed by atoms with van der Waals surface area (Å²) in [7, 11) is -3.87. The summed E-state index contributed by atoms with van der Waals surface area (Å²) >= 11 is 1.72. The van der Waals surface area contributed by atoms with Crippen molar-refractivity contribution >= 4 is 45.6 Å². The number of rotatable bonds is 10. The summed E-state index contributed by atoms with van der Waals surface area (Å²) in [5.41, 5.74) is 0.852. The molecule has 0 bridgehead atoms. The Morgan fingerprint density at radius 2 is 1.69 bits per heavy atom. The van der Waals surface area contributed by atoms with Crippen molar-refractivity contribution in [3.8, 4) is 11.1 Å². The Hall–Kier alpha value is -3.84. The summed E-state index contributed by atoms with van der Waals surface area (Å²) in [5.74, 6) is -1.25. The zero-order valence-corrected chi connectivity index (χ0v) is 33.4. The second kappa shape index (κ2) is 16.1. The van der Waals surface area contributed by atoms with Gasteiger partial charge in [-0.3, -0.25) is 19.1 Å². The lowest BCUT2D eigenvalue weighted by Gasteiger charge is -2.32. The van der Waals surface area contributed by atoms with Gasteiger partial charge in [0, 0.05) is 12.5 Å². The number of nitrogens with zero attached hydrogens (tertiary/aromatic N) is 1. The lowest BCUT2D eigenvalue weighted by atomic mass is 9.93. The standard InChI is InChI=1S/C41H54N4O7S2/c1-5-6-24-53-40(30-20-18-29(19-21-30)28-14-10-9-11-15-28)26-34-35(46)43-41(37(48)44-54(50,51)32-22-23-32)25-31(41)16-12-7-8-13-17-33(36(47)45(34)27-40)42-38(49)52-39(2,3)4/h9-12,14-16,18-21,31-34H,5-8,13,17,22-27H2,1-4H3,(H,42,49)(H,43,46)(H,44,48)/b16-12-/t31-,33+,34+,40+,41-/m1/s1. The number of amides is 4. The molecule has 11 nitrogen and oxygen atoms in total. The van der Waals surface area contributed by atoms with Gasteiger partial charge in [-0.2, -0.15) is 0 Å². The molecule has 292 valence electrons. The van der Waals surface area contributed by atoms with Crippen LogP contribution in [0.25, 0.3) is 11.1 Å². The minimum atomic E-state index is -3.87. The molecule has 2 aliphatic heterocycles. The van der Waals surface area contributed by atoms with Gasteiger partial charge in [-0.15, -0.1) is 11.8 Å². The quantitative estimate of drug-likeness (QED) is 0.191. The van der Waals surface area contributed by atoms with Crippen molar-refractivity contribution in [2.24, 2.45) is 5.92 Å². The molecule has 0 radical (unpaired) electrons. The topological polar surface area (TPSA) is 151 Å². The van der Waals surface area contributed by atoms with E-state index >= 15 is 0 Å². The number of nitrogens with one attached hydrogen (secondary N) is 3. The van der Waals surface area contributed by atoms with Gasteiger partial charge in [0.25, 0.3) is 5.91 Å². The number of sulfonamides is 1. The largest absolute Gasteiger partial charge is 0.444 e. The van der Waals surface area contributed by atoms with Crippen molar-refractivity contribution in [1.29, 1.82) is 0 Å². The molecule has 3 N–H and O–H groups in total. The van der Waals surface area contributed by atoms with E-state index < -0.39 is 67.1 Å². The monoisotopic (exact) mass is 778 g/mol. The Morgan fingerprint density at radius 1 is 0.981 bits per heavy atom. The van der Waals surface area contributed by atoms with Gasteiger partial charge in [0.1, 0.15) is 23.2 Å². The molecule has 4 aliphatic rings. The molecular formula is C41H54N4O7S2. The fourth-order valence-electron chi connectivity index (χ4n) is 7.49. The lowest BCUT2D eigenvalue weighted by molar-refractivity contribution is -0.141. The van der Waals surface area contributed by atoms with Crippen LogP contribution < -0.4 is 15.4 Å². The molecule has 6 rings (SSSR count). The first-order chi connectivity index (χ1) is 25.7. The normalized spacial score (nSPS) is 28.1. The molecule has 0 unspecified atom stereocenters. The number of ether oxygens (including phenoxy) is 1. The van der Waals surface area contributed by atoms with Crippen LogP contribution in [0.1, 0.15) is 97.5 Å². The molecule has 4 amide bonds. The molecule has 5 atom stereocenters. The summed E-state index contributed by atoms with van der Waals surface area (Å²) in [5, 5.41) is 5.20. The van der Waals surface area contributed by atoms with Crippen molar-refractivity contribution in [1.82, 2.24) is 20.3 Å². The molecule has 2 aliphatic carbocycles. The molecular weight excluding hydrogens is 725 g/mol. The summed E-state index contributed by atoms with van der Waals surface area (Å²) in [6.07, 6.45) is 8.89. The molecule has 2 aromatic carbocycles. The van der Waals surface area contributed by atoms with Crippen LogP contribution in [0.5, 0.6) is 0 Å². The second-order valence-corrected chi connectivity index (χ2v) is 19.6. The van der Waals surface area contributed by atoms with Crippen molar-refractivity contribution in [3.05, 3.63) is 72.3 Å². The van der Waals surface area contributed by atoms with Crippen LogP contribution in [0.15, 0.2) is 66.7 Å². The molecule has 1 saturated heterocycles. The molecule has 2 heterocycles. The third-order valence-electron chi connectivity index (χ3n) is 10.7. The zero-order valence-electron chi connectivity index (χ0n) is 31.8. The van der Waals surface area contributed by atoms with Gasteiger partial charge in [0.05, 0.1) is 10.00 Å². The number of fused-ring (bicyclic) bond motifs is 2. The summed E-state index contributed by atoms with van der Waals surface area (Å²) in [6, 6.07) is 16.4. The number of carbonyl (C=O) groups is 4. The Morgan fingerprint density at radius 3 is 2.35 bits per heavy atom. The highest BCUT2D eigenvalue weighted by atomic mass is 32.2. The molecule has 0 spiro atoms. The van der Waals surface area contributed by atoms with Crippen LogP contribution in [0, 0.1) is 5.92 Å². The van der Waals surface area contributed by atoms with E-state index in [9.17, 15) is 27.6 Å². The molecule has 2 saturated carbocycles. The van der Waals surface area contributed by atoms with Gasteiger partial charge in [0.2, 0.25) is 21.8 Å². The molecule has 0 aromatic heterocycles. The van der Waals surface area contributed by atoms with Gasteiger partial charge in [-0.1, -0.05) is 86.5 Å². The highest BCUT2D eigenvalue weighted by molar-refractivity contribution is 8.00. The van der Waals surface area contributed by atoms with E-state index in [2.05, 4.69) is 46.5 Å². The maximum Gasteiger partial charge on any atom is 0.408 e. The lowest BCUT2D eigenvalue weighted by Crippen LogP contribution is -2.58. The number of benzene rings is 2. The van der Waals surface area contributed by atoms with Crippen LogP contribution in [-0.2, 0) is 33.9 Å². The van der Waals surface area contributed by atoms with E-state index in [-0.39, 0.29) is 25.3 Å². The van der Waals surface area contributed by atoms with E-state index in [0.717, 1.165) is 41.7 Å². The zero-order chi connectivity index (χ0) is 38.7. The molecule has 3 fully saturated rings. The minimum absolute atomic E-state index is 0.202. The number of thioether (sulfide) groups is 1. The van der Waals surface area contributed by atoms with E-state index in [1.807, 2.05) is 42.5 Å². The number of hydrogen-bond donors (Lipinski definition) is 3. The van der Waals surface area contributed by atoms with Crippen LogP contribution in [0.2, 0.25) is 0 Å². The Bertz CT molecular complexity index is 1840. The summed E-state index contributed by atoms with van der Waals surface area (Å²) in [4.78, 5) is 58.0. The SMILES string of the molecule is CCCCS[C@@]1(c2ccc(-c3ccccc3)cc2)C[C@H]2C(=O)N[C@]3(C(=O)NS(=O)(=O)C4CC4)C[C@H]3/C=C\CCCC[C@H](NC(=O)OC(C)(C)C)C(=O)N2C1. The fourth-order valence-corrected chi connectivity index (χ4v) is 10.5. The van der Waals surface area contributed by atoms with Gasteiger partial charge >= 0.3 is 6.09 Å². The van der Waals surface area contributed by atoms with Crippen molar-refractivity contribution < 1.29 is 32.3 Å². The second-order valence-electron chi connectivity index (χ2n) is 16.2. The minimum Gasteiger partial charge on any atom is -0.444 e. The smallest absolute Gasteiger partial charge is 0.408 e. The Labute approximate surface area is 323 Å². The maximum atomic E-state index is 14.8. The fraction of sp³-hybridized carbons (Fsp3) is 0.561. The van der Waals surface area contributed by atoms with Crippen LogP contribution >= 0.6 is 11.8 Å². The number of unbranched alkanes of at least 4 members (excludes halogenated alkanes) is 1. The summed E-state index contributed by atoms with van der Waals surface area (Å²) in [6.45, 7) is 7.59. The first kappa shape index (κ1) is 39.8. The van der Waals surface area contributed by atoms with Gasteiger partial charge in [-0.05, 0) is 94.6 Å². The predicted molar refractivity (Wildman–Crippen MR) is 211 cm³/mol. The molecule has 54 heavy (non-hydrogen) atoms. The Kier molecular flexibility index (Phi) is 11.9. The van der Waals surface area contributed by atoms with Crippen LogP contribution in [-0.4, -0.2) is 77.9 Å². The van der Waals surface area contributed by atoms with E-state index in [1.165, 1.54) is 0 Å². The number of carbonyl (C=O) groups excluding carboxylic acids is 4. The number of hydrogen-bond acceptors (Lipinski definition) is 8. The van der Waals surface area contributed by atoms with Gasteiger partial charge in [-0.25, -0.2) is 13.2 Å². The first-order valence-electron chi connectivity index (χ1n) is 19.3. The molecule has 2 aromatic rings. The van der Waals surface area contributed by atoms with Gasteiger partial charge in [0.15, 0.2) is 0 Å². The average molecular weight is 779 g/mol. The Balaban J connectivity index is 1.38. The predicted octanol–water partition coefficient (Wildman–Crippen LogP) is 6.19. The number of allylic oxidation sites excluding steroid dienone is 1. The van der Waals surface area contributed by atoms with Crippen molar-refractivity contribution in [3.63, 3.8) is 0 Å². The van der Waals surface area contributed by atoms with Gasteiger partial charge < -0.3 is 20.3 Å². The van der Waals surface area contributed by atoms with E-state index in [1.54, 1.807) is 37.4 Å². The third-order valence-corrected chi connectivity index (χ3v) is 14.1. The van der Waals surface area contributed by atoms with Crippen LogP contribution in [0.4, 0.5) is 4.79 Å². The third kappa shape index (κ3) is 9.16.